The number of esters is 1. The van der Waals surface area contributed by atoms with Crippen LogP contribution < -0.4 is 14.6 Å². The van der Waals surface area contributed by atoms with Crippen LogP contribution in [0.25, 0.3) is 0 Å². The molecule has 0 radical (unpaired) electrons. The summed E-state index contributed by atoms with van der Waals surface area (Å²) in [6.45, 7) is -0.0349. The summed E-state index contributed by atoms with van der Waals surface area (Å²) < 4.78 is 38.2. The van der Waals surface area contributed by atoms with Crippen molar-refractivity contribution in [3.63, 3.8) is 0 Å². The van der Waals surface area contributed by atoms with Crippen LogP contribution >= 0.6 is 0 Å². The topological polar surface area (TPSA) is 125 Å². The number of carbonyl (C=O) groups excluding carboxylic acids is 2. The van der Waals surface area contributed by atoms with Crippen molar-refractivity contribution in [1.82, 2.24) is 4.90 Å². The number of sulfonamides is 1. The first-order valence-corrected chi connectivity index (χ1v) is 9.95. The van der Waals surface area contributed by atoms with Crippen LogP contribution in [0.15, 0.2) is 47.4 Å². The lowest BCUT2D eigenvalue weighted by Gasteiger charge is -2.18. The highest BCUT2D eigenvalue weighted by molar-refractivity contribution is 7.89. The zero-order chi connectivity index (χ0) is 21.6. The molecular formula is C19H22N2O7S. The summed E-state index contributed by atoms with van der Waals surface area (Å²) in [6.07, 6.45) is 0. The number of amides is 1. The van der Waals surface area contributed by atoms with E-state index in [-0.39, 0.29) is 28.7 Å². The Morgan fingerprint density at radius 3 is 2.45 bits per heavy atom. The molecule has 9 nitrogen and oxygen atoms in total. The summed E-state index contributed by atoms with van der Waals surface area (Å²) in [7, 11) is 0.289. The van der Waals surface area contributed by atoms with Gasteiger partial charge in [-0.3, -0.25) is 4.79 Å². The second-order valence-electron chi connectivity index (χ2n) is 6.08. The molecular weight excluding hydrogens is 400 g/mol. The zero-order valence-corrected chi connectivity index (χ0v) is 17.1. The normalized spacial score (nSPS) is 10.9. The van der Waals surface area contributed by atoms with Gasteiger partial charge in [-0.15, -0.1) is 0 Å². The molecule has 0 atom stereocenters. The lowest BCUT2D eigenvalue weighted by molar-refractivity contribution is -0.132. The van der Waals surface area contributed by atoms with Crippen molar-refractivity contribution in [3.05, 3.63) is 53.6 Å². The third-order valence-electron chi connectivity index (χ3n) is 4.02. The maximum Gasteiger partial charge on any atom is 0.341 e. The second kappa shape index (κ2) is 9.39. The first-order chi connectivity index (χ1) is 13.7. The highest BCUT2D eigenvalue weighted by atomic mass is 32.2. The minimum absolute atomic E-state index is 0.00683. The third kappa shape index (κ3) is 5.93. The maximum absolute atomic E-state index is 12.4. The van der Waals surface area contributed by atoms with Gasteiger partial charge in [-0.2, -0.15) is 0 Å². The van der Waals surface area contributed by atoms with E-state index in [2.05, 4.69) is 4.74 Å². The molecule has 0 saturated heterocycles. The number of primary sulfonamides is 1. The monoisotopic (exact) mass is 422 g/mol. The molecule has 0 spiro atoms. The molecule has 156 valence electrons. The van der Waals surface area contributed by atoms with Crippen LogP contribution in [0.5, 0.6) is 11.5 Å². The lowest BCUT2D eigenvalue weighted by Crippen LogP contribution is -2.31. The zero-order valence-electron chi connectivity index (χ0n) is 16.2. The molecule has 0 aromatic heterocycles. The van der Waals surface area contributed by atoms with Crippen LogP contribution in [-0.2, 0) is 26.1 Å². The molecule has 0 aliphatic rings. The van der Waals surface area contributed by atoms with Gasteiger partial charge < -0.3 is 19.1 Å². The van der Waals surface area contributed by atoms with Crippen LogP contribution in [0.2, 0.25) is 0 Å². The predicted molar refractivity (Wildman–Crippen MR) is 104 cm³/mol. The Morgan fingerprint density at radius 1 is 1.10 bits per heavy atom. The Bertz CT molecular complexity index is 1010. The molecule has 2 N–H and O–H groups in total. The van der Waals surface area contributed by atoms with E-state index in [1.54, 1.807) is 20.2 Å². The van der Waals surface area contributed by atoms with Gasteiger partial charge in [0.1, 0.15) is 17.1 Å². The predicted octanol–water partition coefficient (Wildman–Crippen LogP) is 1.17. The van der Waals surface area contributed by atoms with E-state index in [0.717, 1.165) is 18.7 Å². The van der Waals surface area contributed by atoms with Crippen molar-refractivity contribution in [2.45, 2.75) is 11.4 Å². The molecule has 1 amide bonds. The van der Waals surface area contributed by atoms with Crippen LogP contribution in [0.4, 0.5) is 0 Å². The Balaban J connectivity index is 2.11. The summed E-state index contributed by atoms with van der Waals surface area (Å²) in [4.78, 5) is 25.5. The van der Waals surface area contributed by atoms with Gasteiger partial charge in [-0.05, 0) is 35.9 Å². The van der Waals surface area contributed by atoms with E-state index in [1.807, 2.05) is 18.2 Å². The molecule has 2 aromatic carbocycles. The SMILES string of the molecule is COC(=O)c1cc(S(N)(=O)=O)ccc1OCC(=O)N(C)Cc1cccc(OC)c1. The van der Waals surface area contributed by atoms with E-state index < -0.39 is 16.0 Å². The molecule has 0 saturated carbocycles. The van der Waals surface area contributed by atoms with Crippen molar-refractivity contribution in [2.75, 3.05) is 27.9 Å². The standard InChI is InChI=1S/C19H22N2O7S/c1-21(11-13-5-4-6-14(9-13)26-2)18(22)12-28-17-8-7-15(29(20,24)25)10-16(17)19(23)27-3/h4-10H,11-12H2,1-3H3,(H2,20,24,25). The molecule has 0 unspecified atom stereocenters. The van der Waals surface area contributed by atoms with Gasteiger partial charge in [0.15, 0.2) is 6.61 Å². The molecule has 29 heavy (non-hydrogen) atoms. The van der Waals surface area contributed by atoms with Gasteiger partial charge in [0, 0.05) is 13.6 Å². The van der Waals surface area contributed by atoms with Crippen molar-refractivity contribution in [2.24, 2.45) is 5.14 Å². The number of rotatable bonds is 8. The van der Waals surface area contributed by atoms with Crippen LogP contribution in [0.1, 0.15) is 15.9 Å². The van der Waals surface area contributed by atoms with Gasteiger partial charge in [0.25, 0.3) is 5.91 Å². The van der Waals surface area contributed by atoms with Crippen molar-refractivity contribution in [1.29, 1.82) is 0 Å². The smallest absolute Gasteiger partial charge is 0.341 e. The van der Waals surface area contributed by atoms with E-state index in [1.165, 1.54) is 17.0 Å². The molecule has 2 aromatic rings. The minimum Gasteiger partial charge on any atom is -0.497 e. The summed E-state index contributed by atoms with van der Waals surface area (Å²) in [5.74, 6) is -0.480. The number of hydrogen-bond donors (Lipinski definition) is 1. The fourth-order valence-electron chi connectivity index (χ4n) is 2.46. The number of hydrogen-bond acceptors (Lipinski definition) is 7. The minimum atomic E-state index is -4.02. The molecule has 0 aliphatic carbocycles. The van der Waals surface area contributed by atoms with Gasteiger partial charge >= 0.3 is 5.97 Å². The number of carbonyl (C=O) groups is 2. The molecule has 0 bridgehead atoms. The Kier molecular flexibility index (Phi) is 7.18. The van der Waals surface area contributed by atoms with Crippen LogP contribution in [-0.4, -0.2) is 53.1 Å². The molecule has 0 heterocycles. The molecule has 10 heteroatoms. The van der Waals surface area contributed by atoms with Crippen LogP contribution in [0, 0.1) is 0 Å². The lowest BCUT2D eigenvalue weighted by atomic mass is 10.2. The van der Waals surface area contributed by atoms with Gasteiger partial charge in [-0.1, -0.05) is 12.1 Å². The number of ether oxygens (including phenoxy) is 3. The van der Waals surface area contributed by atoms with E-state index in [9.17, 15) is 18.0 Å². The number of nitrogens with two attached hydrogens (primary N) is 1. The summed E-state index contributed by atoms with van der Waals surface area (Å²) >= 11 is 0. The largest absolute Gasteiger partial charge is 0.497 e. The number of methoxy groups -OCH3 is 2. The molecule has 0 aliphatic heterocycles. The summed E-state index contributed by atoms with van der Waals surface area (Å²) in [5.41, 5.74) is 0.718. The van der Waals surface area contributed by atoms with Crippen molar-refractivity contribution < 1.29 is 32.2 Å². The van der Waals surface area contributed by atoms with Crippen molar-refractivity contribution in [3.8, 4) is 11.5 Å². The average Bonchev–Trinajstić information content (AvgIpc) is 2.70. The Hall–Kier alpha value is -3.11. The van der Waals surface area contributed by atoms with Gasteiger partial charge in [0.05, 0.1) is 19.1 Å². The fourth-order valence-corrected chi connectivity index (χ4v) is 3.00. The fraction of sp³-hybridized carbons (Fsp3) is 0.263. The highest BCUT2D eigenvalue weighted by Crippen LogP contribution is 2.23. The van der Waals surface area contributed by atoms with Gasteiger partial charge in [0.2, 0.25) is 10.0 Å². The molecule has 0 fully saturated rings. The average molecular weight is 422 g/mol. The van der Waals surface area contributed by atoms with E-state index >= 15 is 0 Å². The van der Waals surface area contributed by atoms with Crippen molar-refractivity contribution >= 4 is 21.9 Å². The quantitative estimate of drug-likeness (QED) is 0.633. The Morgan fingerprint density at radius 2 is 1.83 bits per heavy atom. The maximum atomic E-state index is 12.4. The summed E-state index contributed by atoms with van der Waals surface area (Å²) in [5, 5.41) is 5.08. The second-order valence-corrected chi connectivity index (χ2v) is 7.65. The molecule has 2 rings (SSSR count). The third-order valence-corrected chi connectivity index (χ3v) is 4.93. The first kappa shape index (κ1) is 22.2. The van der Waals surface area contributed by atoms with Gasteiger partial charge in [-0.25, -0.2) is 18.4 Å². The number of nitrogens with zero attached hydrogens (tertiary/aromatic N) is 1. The van der Waals surface area contributed by atoms with Crippen LogP contribution in [0.3, 0.4) is 0 Å². The number of benzene rings is 2. The highest BCUT2D eigenvalue weighted by Gasteiger charge is 2.19. The van der Waals surface area contributed by atoms with E-state index in [4.69, 9.17) is 14.6 Å². The van der Waals surface area contributed by atoms with E-state index in [0.29, 0.717) is 12.3 Å². The number of likely N-dealkylation sites (N-methyl/N-ethyl adjacent to an activating group) is 1. The first-order valence-electron chi connectivity index (χ1n) is 8.40. The Labute approximate surface area is 169 Å². The summed E-state index contributed by atoms with van der Waals surface area (Å²) in [6, 6.07) is 10.8.